The van der Waals surface area contributed by atoms with E-state index >= 15 is 0 Å². The second-order valence-corrected chi connectivity index (χ2v) is 10.2. The van der Waals surface area contributed by atoms with E-state index in [1.165, 1.54) is 0 Å². The molecule has 1 aliphatic heterocycles. The van der Waals surface area contributed by atoms with E-state index in [9.17, 15) is 8.42 Å². The molecule has 0 spiro atoms. The van der Waals surface area contributed by atoms with Gasteiger partial charge in [0.05, 0.1) is 10.5 Å². The van der Waals surface area contributed by atoms with Crippen molar-refractivity contribution in [1.82, 2.24) is 4.98 Å². The van der Waals surface area contributed by atoms with Crippen LogP contribution in [0.3, 0.4) is 0 Å². The van der Waals surface area contributed by atoms with E-state index in [1.807, 2.05) is 48.2 Å². The zero-order valence-corrected chi connectivity index (χ0v) is 19.4. The average Bonchev–Trinajstić information content (AvgIpc) is 3.03. The third kappa shape index (κ3) is 4.18. The van der Waals surface area contributed by atoms with Gasteiger partial charge in [0, 0.05) is 17.6 Å². The molecule has 1 fully saturated rings. The summed E-state index contributed by atoms with van der Waals surface area (Å²) in [5, 5.41) is -0.000554. The Hall–Kier alpha value is -2.12. The molecule has 0 amide bonds. The van der Waals surface area contributed by atoms with Crippen LogP contribution < -0.4 is 4.90 Å². The molecule has 0 bridgehead atoms. The number of halogens is 1. The quantitative estimate of drug-likeness (QED) is 0.448. The number of oxazole rings is 1. The Morgan fingerprint density at radius 3 is 2.30 bits per heavy atom. The van der Waals surface area contributed by atoms with E-state index in [0.717, 1.165) is 60.8 Å². The van der Waals surface area contributed by atoms with Gasteiger partial charge in [0.2, 0.25) is 26.6 Å². The van der Waals surface area contributed by atoms with Crippen LogP contribution in [0.2, 0.25) is 0 Å². The fourth-order valence-corrected chi connectivity index (χ4v) is 5.49. The van der Waals surface area contributed by atoms with Crippen molar-refractivity contribution < 1.29 is 12.8 Å². The van der Waals surface area contributed by atoms with E-state index in [-0.39, 0.29) is 9.92 Å². The summed E-state index contributed by atoms with van der Waals surface area (Å²) < 4.78 is 34.0. The van der Waals surface area contributed by atoms with Crippen LogP contribution in [0.15, 0.2) is 67.3 Å². The number of nitrogens with zero attached hydrogens (tertiary/aromatic N) is 2. The molecule has 0 aliphatic carbocycles. The van der Waals surface area contributed by atoms with Gasteiger partial charge in [-0.15, -0.1) is 0 Å². The average molecular weight is 489 g/mol. The third-order valence-electron chi connectivity index (χ3n) is 5.47. The molecule has 3 aromatic rings. The van der Waals surface area contributed by atoms with Crippen molar-refractivity contribution in [3.63, 3.8) is 0 Å². The summed E-state index contributed by atoms with van der Waals surface area (Å²) in [5.41, 5.74) is 1.83. The summed E-state index contributed by atoms with van der Waals surface area (Å²) in [4.78, 5) is 6.79. The Kier molecular flexibility index (Phi) is 6.29. The highest BCUT2D eigenvalue weighted by atomic mass is 79.9. The molecule has 2 aromatic carbocycles. The van der Waals surface area contributed by atoms with Gasteiger partial charge >= 0.3 is 0 Å². The van der Waals surface area contributed by atoms with E-state index in [2.05, 4.69) is 20.9 Å². The molecular weight excluding hydrogens is 464 g/mol. The second kappa shape index (κ2) is 8.94. The summed E-state index contributed by atoms with van der Waals surface area (Å²) in [5.74, 6) is 0.660. The van der Waals surface area contributed by atoms with E-state index < -0.39 is 9.84 Å². The fourth-order valence-electron chi connectivity index (χ4n) is 3.71. The Morgan fingerprint density at radius 1 is 1.00 bits per heavy atom. The number of benzene rings is 2. The van der Waals surface area contributed by atoms with Crippen molar-refractivity contribution in [1.29, 1.82) is 0 Å². The van der Waals surface area contributed by atoms with Crippen molar-refractivity contribution in [3.8, 4) is 11.5 Å². The van der Waals surface area contributed by atoms with Crippen LogP contribution in [-0.4, -0.2) is 26.5 Å². The summed E-state index contributed by atoms with van der Waals surface area (Å²) in [7, 11) is -3.82. The Balaban J connectivity index is 1.84. The monoisotopic (exact) mass is 488 g/mol. The van der Waals surface area contributed by atoms with E-state index in [4.69, 9.17) is 4.42 Å². The standard InChI is InChI=1S/C23H25BrN2O3S/c1-2-17-11-13-18(14-12-17)30(27,28)22-23(26-15-7-3-4-8-16-26)29-21(25-22)19-9-5-6-10-20(19)24/h5-6,9-14H,2-4,7-8,15-16H2,1H3. The molecule has 7 heteroatoms. The summed E-state index contributed by atoms with van der Waals surface area (Å²) in [6.45, 7) is 3.58. The predicted octanol–water partition coefficient (Wildman–Crippen LogP) is 5.88. The van der Waals surface area contributed by atoms with Crippen LogP contribution in [0.5, 0.6) is 0 Å². The van der Waals surface area contributed by atoms with Crippen molar-refractivity contribution >= 4 is 31.7 Å². The Labute approximate surface area is 186 Å². The molecule has 0 atom stereocenters. The zero-order chi connectivity index (χ0) is 21.1. The lowest BCUT2D eigenvalue weighted by atomic mass is 10.2. The molecule has 0 N–H and O–H groups in total. The maximum atomic E-state index is 13.6. The van der Waals surface area contributed by atoms with Gasteiger partial charge < -0.3 is 9.32 Å². The predicted molar refractivity (Wildman–Crippen MR) is 122 cm³/mol. The van der Waals surface area contributed by atoms with Crippen molar-refractivity contribution in [2.45, 2.75) is 48.9 Å². The van der Waals surface area contributed by atoms with Crippen LogP contribution in [-0.2, 0) is 16.3 Å². The molecule has 158 valence electrons. The first kappa shape index (κ1) is 21.1. The lowest BCUT2D eigenvalue weighted by Crippen LogP contribution is -2.25. The summed E-state index contributed by atoms with van der Waals surface area (Å²) in [6, 6.07) is 14.6. The molecule has 1 aromatic heterocycles. The number of rotatable bonds is 5. The number of aryl methyl sites for hydroxylation is 1. The maximum absolute atomic E-state index is 13.6. The number of hydrogen-bond acceptors (Lipinski definition) is 5. The Morgan fingerprint density at radius 2 is 1.67 bits per heavy atom. The Bertz CT molecular complexity index is 1120. The maximum Gasteiger partial charge on any atom is 0.236 e. The molecule has 0 saturated carbocycles. The number of anilines is 1. The van der Waals surface area contributed by atoms with Crippen molar-refractivity contribution in [3.05, 3.63) is 58.6 Å². The van der Waals surface area contributed by atoms with Gasteiger partial charge in [0.15, 0.2) is 0 Å². The topological polar surface area (TPSA) is 63.4 Å². The molecule has 1 saturated heterocycles. The number of sulfone groups is 1. The van der Waals surface area contributed by atoms with Gasteiger partial charge in [-0.05, 0) is 65.0 Å². The molecule has 0 radical (unpaired) electrons. The first-order valence-electron chi connectivity index (χ1n) is 10.4. The molecule has 0 unspecified atom stereocenters. The molecule has 4 rings (SSSR count). The van der Waals surface area contributed by atoms with Gasteiger partial charge in [-0.25, -0.2) is 8.42 Å². The minimum absolute atomic E-state index is 0.000554. The molecule has 30 heavy (non-hydrogen) atoms. The minimum atomic E-state index is -3.82. The molecule has 2 heterocycles. The highest BCUT2D eigenvalue weighted by Crippen LogP contribution is 2.37. The molecular formula is C23H25BrN2O3S. The van der Waals surface area contributed by atoms with Gasteiger partial charge in [0.25, 0.3) is 0 Å². The fraction of sp³-hybridized carbons (Fsp3) is 0.348. The zero-order valence-electron chi connectivity index (χ0n) is 17.0. The lowest BCUT2D eigenvalue weighted by molar-refractivity contribution is 0.543. The van der Waals surface area contributed by atoms with Gasteiger partial charge in [-0.2, -0.15) is 4.98 Å². The number of hydrogen-bond donors (Lipinski definition) is 0. The van der Waals surface area contributed by atoms with Crippen LogP contribution >= 0.6 is 15.9 Å². The van der Waals surface area contributed by atoms with Crippen LogP contribution in [0, 0.1) is 0 Å². The highest BCUT2D eigenvalue weighted by molar-refractivity contribution is 9.10. The van der Waals surface area contributed by atoms with Gasteiger partial charge in [0.1, 0.15) is 0 Å². The van der Waals surface area contributed by atoms with Gasteiger partial charge in [-0.3, -0.25) is 0 Å². The first-order chi connectivity index (χ1) is 14.5. The van der Waals surface area contributed by atoms with E-state index in [0.29, 0.717) is 11.8 Å². The van der Waals surface area contributed by atoms with Crippen LogP contribution in [0.4, 0.5) is 5.88 Å². The first-order valence-corrected chi connectivity index (χ1v) is 12.6. The summed E-state index contributed by atoms with van der Waals surface area (Å²) in [6.07, 6.45) is 5.16. The highest BCUT2D eigenvalue weighted by Gasteiger charge is 2.32. The molecule has 5 nitrogen and oxygen atoms in total. The van der Waals surface area contributed by atoms with Crippen LogP contribution in [0.25, 0.3) is 11.5 Å². The molecule has 1 aliphatic rings. The van der Waals surface area contributed by atoms with Crippen molar-refractivity contribution in [2.75, 3.05) is 18.0 Å². The van der Waals surface area contributed by atoms with Crippen molar-refractivity contribution in [2.24, 2.45) is 0 Å². The normalized spacial score (nSPS) is 15.2. The van der Waals surface area contributed by atoms with Gasteiger partial charge in [-0.1, -0.05) is 44.0 Å². The minimum Gasteiger partial charge on any atom is -0.419 e. The summed E-state index contributed by atoms with van der Waals surface area (Å²) >= 11 is 3.52. The van der Waals surface area contributed by atoms with Crippen LogP contribution in [0.1, 0.15) is 38.2 Å². The second-order valence-electron chi connectivity index (χ2n) is 7.51. The third-order valence-corrected chi connectivity index (χ3v) is 7.83. The SMILES string of the molecule is CCc1ccc(S(=O)(=O)c2nc(-c3ccccc3Br)oc2N2CCCCCC2)cc1. The lowest BCUT2D eigenvalue weighted by Gasteiger charge is -2.20. The largest absolute Gasteiger partial charge is 0.419 e. The smallest absolute Gasteiger partial charge is 0.236 e. The number of aromatic nitrogens is 1. The van der Waals surface area contributed by atoms with E-state index in [1.54, 1.807) is 12.1 Å².